The molecule has 1 aromatic carbocycles. The van der Waals surface area contributed by atoms with Gasteiger partial charge in [-0.2, -0.15) is 0 Å². The number of nitrogens with zero attached hydrogens (tertiary/aromatic N) is 1. The molecule has 1 aromatic rings. The summed E-state index contributed by atoms with van der Waals surface area (Å²) < 4.78 is 11.3. The van der Waals surface area contributed by atoms with Gasteiger partial charge in [0, 0.05) is 19.5 Å². The summed E-state index contributed by atoms with van der Waals surface area (Å²) >= 11 is 0. The summed E-state index contributed by atoms with van der Waals surface area (Å²) in [5, 5.41) is 0. The van der Waals surface area contributed by atoms with Crippen molar-refractivity contribution in [3.63, 3.8) is 0 Å². The summed E-state index contributed by atoms with van der Waals surface area (Å²) in [5.74, 6) is 1.76. The molecule has 0 aromatic heterocycles. The Bertz CT molecular complexity index is 495. The fraction of sp³-hybridized carbons (Fsp3) is 0.650. The molecular weight excluding hydrogens is 302 g/mol. The van der Waals surface area contributed by atoms with E-state index in [9.17, 15) is 4.79 Å². The number of amides is 1. The highest BCUT2D eigenvalue weighted by Crippen LogP contribution is 2.26. The Morgan fingerprint density at radius 2 is 1.71 bits per heavy atom. The Labute approximate surface area is 146 Å². The monoisotopic (exact) mass is 333 g/mol. The molecule has 134 valence electrons. The number of benzene rings is 1. The highest BCUT2D eigenvalue weighted by Gasteiger charge is 2.20. The third-order valence-electron chi connectivity index (χ3n) is 4.71. The van der Waals surface area contributed by atoms with Gasteiger partial charge in [-0.3, -0.25) is 4.79 Å². The van der Waals surface area contributed by atoms with Gasteiger partial charge in [0.1, 0.15) is 0 Å². The van der Waals surface area contributed by atoms with Crippen LogP contribution >= 0.6 is 0 Å². The summed E-state index contributed by atoms with van der Waals surface area (Å²) in [7, 11) is 1.96. The topological polar surface area (TPSA) is 38.8 Å². The van der Waals surface area contributed by atoms with Gasteiger partial charge >= 0.3 is 0 Å². The molecule has 1 fully saturated rings. The molecule has 0 spiro atoms. The van der Waals surface area contributed by atoms with E-state index < -0.39 is 0 Å². The predicted octanol–water partition coefficient (Wildman–Crippen LogP) is 4.43. The summed E-state index contributed by atoms with van der Waals surface area (Å²) in [5.41, 5.74) is 0. The number of carbonyl (C=O) groups excluding carboxylic acids is 1. The van der Waals surface area contributed by atoms with E-state index in [-0.39, 0.29) is 5.91 Å². The fourth-order valence-electron chi connectivity index (χ4n) is 3.27. The minimum Gasteiger partial charge on any atom is -0.490 e. The van der Waals surface area contributed by atoms with Crippen LogP contribution < -0.4 is 9.47 Å². The van der Waals surface area contributed by atoms with Crippen LogP contribution in [-0.2, 0) is 4.79 Å². The van der Waals surface area contributed by atoms with E-state index in [0.29, 0.717) is 25.7 Å². The van der Waals surface area contributed by atoms with Crippen LogP contribution in [0.5, 0.6) is 11.5 Å². The SMILES string of the molecule is CCOc1ccccc1OCCCC(=O)N(C)C1CCCCCC1. The average molecular weight is 333 g/mol. The Kier molecular flexibility index (Phi) is 7.93. The van der Waals surface area contributed by atoms with Gasteiger partial charge in [-0.1, -0.05) is 37.8 Å². The molecule has 0 atom stereocenters. The maximum absolute atomic E-state index is 12.4. The van der Waals surface area contributed by atoms with Crippen LogP contribution in [0.3, 0.4) is 0 Å². The van der Waals surface area contributed by atoms with E-state index in [0.717, 1.165) is 30.8 Å². The first-order valence-electron chi connectivity index (χ1n) is 9.32. The van der Waals surface area contributed by atoms with Crippen molar-refractivity contribution < 1.29 is 14.3 Å². The van der Waals surface area contributed by atoms with Crippen LogP contribution in [0.15, 0.2) is 24.3 Å². The Morgan fingerprint density at radius 3 is 2.33 bits per heavy atom. The van der Waals surface area contributed by atoms with Crippen molar-refractivity contribution in [1.82, 2.24) is 4.90 Å². The molecule has 1 saturated carbocycles. The predicted molar refractivity (Wildman–Crippen MR) is 96.6 cm³/mol. The second kappa shape index (κ2) is 10.2. The molecule has 1 aliphatic carbocycles. The first-order valence-corrected chi connectivity index (χ1v) is 9.32. The molecule has 2 rings (SSSR count). The Morgan fingerprint density at radius 1 is 1.08 bits per heavy atom. The van der Waals surface area contributed by atoms with Gasteiger partial charge in [0.05, 0.1) is 13.2 Å². The Balaban J connectivity index is 1.72. The second-order valence-corrected chi connectivity index (χ2v) is 6.48. The summed E-state index contributed by atoms with van der Waals surface area (Å²) in [6, 6.07) is 8.11. The zero-order valence-corrected chi connectivity index (χ0v) is 15.1. The zero-order chi connectivity index (χ0) is 17.2. The van der Waals surface area contributed by atoms with E-state index in [1.165, 1.54) is 25.7 Å². The molecular formula is C20H31NO3. The van der Waals surface area contributed by atoms with E-state index >= 15 is 0 Å². The molecule has 24 heavy (non-hydrogen) atoms. The minimum atomic E-state index is 0.239. The number of ether oxygens (including phenoxy) is 2. The molecule has 1 aliphatic rings. The van der Waals surface area contributed by atoms with Crippen molar-refractivity contribution in [1.29, 1.82) is 0 Å². The molecule has 0 radical (unpaired) electrons. The number of rotatable bonds is 8. The third-order valence-corrected chi connectivity index (χ3v) is 4.71. The smallest absolute Gasteiger partial charge is 0.222 e. The van der Waals surface area contributed by atoms with Gasteiger partial charge in [-0.05, 0) is 38.3 Å². The zero-order valence-electron chi connectivity index (χ0n) is 15.1. The number of carbonyl (C=O) groups is 1. The van der Waals surface area contributed by atoms with Crippen molar-refractivity contribution in [2.75, 3.05) is 20.3 Å². The third kappa shape index (κ3) is 5.73. The summed E-state index contributed by atoms with van der Waals surface area (Å²) in [4.78, 5) is 14.4. The van der Waals surface area contributed by atoms with Crippen molar-refractivity contribution >= 4 is 5.91 Å². The van der Waals surface area contributed by atoms with Crippen LogP contribution in [0.2, 0.25) is 0 Å². The van der Waals surface area contributed by atoms with Crippen LogP contribution in [0.1, 0.15) is 58.3 Å². The highest BCUT2D eigenvalue weighted by atomic mass is 16.5. The van der Waals surface area contributed by atoms with Gasteiger partial charge in [0.25, 0.3) is 0 Å². The molecule has 0 saturated heterocycles. The average Bonchev–Trinajstić information content (AvgIpc) is 2.88. The fourth-order valence-corrected chi connectivity index (χ4v) is 3.27. The molecule has 0 aliphatic heterocycles. The Hall–Kier alpha value is -1.71. The van der Waals surface area contributed by atoms with Gasteiger partial charge < -0.3 is 14.4 Å². The number of hydrogen-bond acceptors (Lipinski definition) is 3. The molecule has 4 nitrogen and oxygen atoms in total. The molecule has 0 bridgehead atoms. The van der Waals surface area contributed by atoms with Crippen LogP contribution in [0.25, 0.3) is 0 Å². The van der Waals surface area contributed by atoms with Crippen molar-refractivity contribution in [3.8, 4) is 11.5 Å². The van der Waals surface area contributed by atoms with E-state index in [1.54, 1.807) is 0 Å². The minimum absolute atomic E-state index is 0.239. The first kappa shape index (κ1) is 18.6. The van der Waals surface area contributed by atoms with Crippen LogP contribution in [0, 0.1) is 0 Å². The van der Waals surface area contributed by atoms with E-state index in [2.05, 4.69) is 0 Å². The maximum Gasteiger partial charge on any atom is 0.222 e. The lowest BCUT2D eigenvalue weighted by Gasteiger charge is -2.27. The summed E-state index contributed by atoms with van der Waals surface area (Å²) in [6.45, 7) is 3.11. The van der Waals surface area contributed by atoms with Crippen molar-refractivity contribution in [3.05, 3.63) is 24.3 Å². The van der Waals surface area contributed by atoms with Crippen molar-refractivity contribution in [2.45, 2.75) is 64.3 Å². The lowest BCUT2D eigenvalue weighted by Crippen LogP contribution is -2.36. The van der Waals surface area contributed by atoms with Gasteiger partial charge in [-0.15, -0.1) is 0 Å². The normalized spacial score (nSPS) is 15.6. The summed E-state index contributed by atoms with van der Waals surface area (Å²) in [6.07, 6.45) is 8.71. The molecule has 0 heterocycles. The lowest BCUT2D eigenvalue weighted by atomic mass is 10.1. The molecule has 0 N–H and O–H groups in total. The molecule has 1 amide bonds. The largest absolute Gasteiger partial charge is 0.490 e. The van der Waals surface area contributed by atoms with Gasteiger partial charge in [0.2, 0.25) is 5.91 Å². The highest BCUT2D eigenvalue weighted by molar-refractivity contribution is 5.76. The first-order chi connectivity index (χ1) is 11.7. The quantitative estimate of drug-likeness (QED) is 0.522. The molecule has 0 unspecified atom stereocenters. The van der Waals surface area contributed by atoms with E-state index in [1.807, 2.05) is 43.1 Å². The number of hydrogen-bond donors (Lipinski definition) is 0. The van der Waals surface area contributed by atoms with Gasteiger partial charge in [0.15, 0.2) is 11.5 Å². The maximum atomic E-state index is 12.4. The standard InChI is InChI=1S/C20H31NO3/c1-3-23-18-13-8-9-14-19(18)24-16-10-15-20(22)21(2)17-11-6-4-5-7-12-17/h8-9,13-14,17H,3-7,10-12,15-16H2,1-2H3. The van der Waals surface area contributed by atoms with Crippen LogP contribution in [-0.4, -0.2) is 37.1 Å². The number of para-hydroxylation sites is 2. The van der Waals surface area contributed by atoms with Crippen molar-refractivity contribution in [2.24, 2.45) is 0 Å². The van der Waals surface area contributed by atoms with E-state index in [4.69, 9.17) is 9.47 Å². The molecule has 4 heteroatoms. The lowest BCUT2D eigenvalue weighted by molar-refractivity contribution is -0.132. The second-order valence-electron chi connectivity index (χ2n) is 6.48. The van der Waals surface area contributed by atoms with Crippen LogP contribution in [0.4, 0.5) is 0 Å². The van der Waals surface area contributed by atoms with Gasteiger partial charge in [-0.25, -0.2) is 0 Å².